The Bertz CT molecular complexity index is 576. The van der Waals surface area contributed by atoms with Crippen molar-refractivity contribution >= 4 is 5.97 Å². The molecule has 1 N–H and O–H groups in total. The summed E-state index contributed by atoms with van der Waals surface area (Å²) in [6.07, 6.45) is 1.78. The van der Waals surface area contributed by atoms with E-state index in [9.17, 15) is 4.79 Å². The minimum absolute atomic E-state index is 0.353. The maximum Gasteiger partial charge on any atom is 0.341 e. The van der Waals surface area contributed by atoms with Crippen LogP contribution in [-0.2, 0) is 15.3 Å². The van der Waals surface area contributed by atoms with Gasteiger partial charge < -0.3 is 14.5 Å². The van der Waals surface area contributed by atoms with Crippen molar-refractivity contribution in [3.63, 3.8) is 0 Å². The molecule has 0 radical (unpaired) electrons. The normalized spacial score (nSPS) is 21.7. The van der Waals surface area contributed by atoms with Crippen molar-refractivity contribution in [3.8, 4) is 0 Å². The molecule has 18 heavy (non-hydrogen) atoms. The van der Waals surface area contributed by atoms with E-state index in [1.807, 2.05) is 37.3 Å². The highest BCUT2D eigenvalue weighted by Gasteiger charge is 2.48. The van der Waals surface area contributed by atoms with Crippen LogP contribution < -0.4 is 0 Å². The summed E-state index contributed by atoms with van der Waals surface area (Å²) in [5.74, 6) is -1.49. The number of rotatable bonds is 3. The maximum absolute atomic E-state index is 11.9. The van der Waals surface area contributed by atoms with Crippen molar-refractivity contribution in [2.24, 2.45) is 0 Å². The molecule has 0 saturated heterocycles. The molecule has 1 unspecified atom stereocenters. The molecule has 4 heteroatoms. The van der Waals surface area contributed by atoms with Gasteiger partial charge >= 0.3 is 5.97 Å². The summed E-state index contributed by atoms with van der Waals surface area (Å²) in [6, 6.07) is 11.0. The van der Waals surface area contributed by atoms with Crippen LogP contribution in [0.15, 0.2) is 42.6 Å². The van der Waals surface area contributed by atoms with Crippen molar-refractivity contribution in [3.05, 3.63) is 59.4 Å². The second kappa shape index (κ2) is 3.99. The topological polar surface area (TPSA) is 51.3 Å². The molecule has 2 heterocycles. The number of nitrogens with one attached hydrogen (secondary N) is 1. The van der Waals surface area contributed by atoms with Crippen LogP contribution in [-0.4, -0.2) is 17.6 Å². The third-order valence-corrected chi connectivity index (χ3v) is 3.04. The molecule has 3 rings (SSSR count). The van der Waals surface area contributed by atoms with Crippen LogP contribution in [0.2, 0.25) is 0 Å². The van der Waals surface area contributed by atoms with Crippen molar-refractivity contribution in [1.82, 2.24) is 4.98 Å². The molecule has 0 fully saturated rings. The third-order valence-electron chi connectivity index (χ3n) is 3.04. The summed E-state index contributed by atoms with van der Waals surface area (Å²) >= 11 is 0. The molecule has 0 aliphatic carbocycles. The Hall–Kier alpha value is -2.07. The van der Waals surface area contributed by atoms with Gasteiger partial charge in [0, 0.05) is 18.4 Å². The molecule has 0 amide bonds. The summed E-state index contributed by atoms with van der Waals surface area (Å²) in [5, 5.41) is 0. The fourth-order valence-corrected chi connectivity index (χ4v) is 2.31. The number of ether oxygens (including phenoxy) is 2. The Morgan fingerprint density at radius 1 is 1.28 bits per heavy atom. The Balaban J connectivity index is 2.21. The van der Waals surface area contributed by atoms with Crippen LogP contribution >= 0.6 is 0 Å². The van der Waals surface area contributed by atoms with E-state index in [0.717, 1.165) is 11.3 Å². The molecule has 92 valence electrons. The van der Waals surface area contributed by atoms with E-state index in [0.29, 0.717) is 12.2 Å². The monoisotopic (exact) mass is 243 g/mol. The van der Waals surface area contributed by atoms with Gasteiger partial charge in [-0.1, -0.05) is 18.2 Å². The highest BCUT2D eigenvalue weighted by molar-refractivity contribution is 5.95. The predicted octanol–water partition coefficient (Wildman–Crippen LogP) is 2.42. The largest absolute Gasteiger partial charge is 0.419 e. The zero-order chi connectivity index (χ0) is 12.6. The number of aromatic nitrogens is 1. The van der Waals surface area contributed by atoms with Crippen LogP contribution in [0.5, 0.6) is 0 Å². The summed E-state index contributed by atoms with van der Waals surface area (Å²) in [7, 11) is 0. The summed E-state index contributed by atoms with van der Waals surface area (Å²) in [4.78, 5) is 15.0. The molecule has 4 nitrogen and oxygen atoms in total. The van der Waals surface area contributed by atoms with Crippen LogP contribution in [0.25, 0.3) is 0 Å². The van der Waals surface area contributed by atoms with Crippen LogP contribution in [0.1, 0.15) is 28.5 Å². The van der Waals surface area contributed by atoms with Gasteiger partial charge in [-0.3, -0.25) is 0 Å². The van der Waals surface area contributed by atoms with E-state index in [4.69, 9.17) is 9.47 Å². The van der Waals surface area contributed by atoms with Gasteiger partial charge in [0.15, 0.2) is 0 Å². The SMILES string of the molecule is CCOC1(c2ccc[nH]2)OC(=O)c2ccccc21. The molecular formula is C14H13NO3. The van der Waals surface area contributed by atoms with Gasteiger partial charge in [0.1, 0.15) is 0 Å². The van der Waals surface area contributed by atoms with Gasteiger partial charge in [0.25, 0.3) is 5.79 Å². The highest BCUT2D eigenvalue weighted by Crippen LogP contribution is 2.41. The quantitative estimate of drug-likeness (QED) is 0.842. The number of benzene rings is 1. The third kappa shape index (κ3) is 1.39. The molecule has 1 aromatic heterocycles. The predicted molar refractivity (Wildman–Crippen MR) is 65.1 cm³/mol. The van der Waals surface area contributed by atoms with Crippen LogP contribution in [0.3, 0.4) is 0 Å². The minimum atomic E-state index is -1.13. The Labute approximate surface area is 105 Å². The Morgan fingerprint density at radius 3 is 2.83 bits per heavy atom. The zero-order valence-electron chi connectivity index (χ0n) is 9.97. The van der Waals surface area contributed by atoms with Gasteiger partial charge in [-0.15, -0.1) is 0 Å². The van der Waals surface area contributed by atoms with E-state index in [1.165, 1.54) is 0 Å². The fourth-order valence-electron chi connectivity index (χ4n) is 2.31. The van der Waals surface area contributed by atoms with Gasteiger partial charge in [-0.25, -0.2) is 4.79 Å². The first-order valence-electron chi connectivity index (χ1n) is 5.88. The molecule has 1 aromatic carbocycles. The number of hydrogen-bond acceptors (Lipinski definition) is 3. The molecule has 1 aliphatic heterocycles. The lowest BCUT2D eigenvalue weighted by Crippen LogP contribution is -2.31. The maximum atomic E-state index is 11.9. The van der Waals surface area contributed by atoms with Crippen LogP contribution in [0.4, 0.5) is 0 Å². The average molecular weight is 243 g/mol. The van der Waals surface area contributed by atoms with Crippen molar-refractivity contribution in [1.29, 1.82) is 0 Å². The molecule has 1 aliphatic rings. The van der Waals surface area contributed by atoms with E-state index in [2.05, 4.69) is 4.98 Å². The number of carbonyl (C=O) groups excluding carboxylic acids is 1. The number of H-pyrrole nitrogens is 1. The first-order valence-corrected chi connectivity index (χ1v) is 5.88. The lowest BCUT2D eigenvalue weighted by Gasteiger charge is -2.27. The molecule has 0 spiro atoms. The van der Waals surface area contributed by atoms with Crippen molar-refractivity contribution < 1.29 is 14.3 Å². The van der Waals surface area contributed by atoms with Gasteiger partial charge in [-0.05, 0) is 25.1 Å². The molecule has 0 bridgehead atoms. The Kier molecular flexibility index (Phi) is 2.45. The standard InChI is InChI=1S/C14H13NO3/c1-2-17-14(12-8-5-9-15-12)11-7-4-3-6-10(11)13(16)18-14/h3-9,15H,2H2,1H3. The smallest absolute Gasteiger partial charge is 0.341 e. The summed E-state index contributed by atoms with van der Waals surface area (Å²) in [6.45, 7) is 2.32. The van der Waals surface area contributed by atoms with E-state index in [-0.39, 0.29) is 5.97 Å². The van der Waals surface area contributed by atoms with E-state index < -0.39 is 5.79 Å². The number of aromatic amines is 1. The highest BCUT2D eigenvalue weighted by atomic mass is 16.7. The first-order chi connectivity index (χ1) is 8.78. The minimum Gasteiger partial charge on any atom is -0.419 e. The van der Waals surface area contributed by atoms with Crippen LogP contribution in [0, 0.1) is 0 Å². The van der Waals surface area contributed by atoms with E-state index in [1.54, 1.807) is 12.3 Å². The number of cyclic esters (lactones) is 1. The van der Waals surface area contributed by atoms with Gasteiger partial charge in [0.2, 0.25) is 0 Å². The number of hydrogen-bond donors (Lipinski definition) is 1. The molecule has 0 saturated carbocycles. The molecule has 1 atom stereocenters. The number of carbonyl (C=O) groups is 1. The van der Waals surface area contributed by atoms with E-state index >= 15 is 0 Å². The second-order valence-electron chi connectivity index (χ2n) is 4.07. The van der Waals surface area contributed by atoms with Crippen molar-refractivity contribution in [2.45, 2.75) is 12.7 Å². The first kappa shape index (κ1) is 11.0. The van der Waals surface area contributed by atoms with Crippen molar-refractivity contribution in [2.75, 3.05) is 6.61 Å². The number of esters is 1. The molecule has 2 aromatic rings. The lowest BCUT2D eigenvalue weighted by atomic mass is 10.00. The lowest BCUT2D eigenvalue weighted by molar-refractivity contribution is -0.173. The molecular weight excluding hydrogens is 230 g/mol. The van der Waals surface area contributed by atoms with Gasteiger partial charge in [0.05, 0.1) is 11.3 Å². The number of fused-ring (bicyclic) bond motifs is 1. The summed E-state index contributed by atoms with van der Waals surface area (Å²) in [5.41, 5.74) is 2.03. The summed E-state index contributed by atoms with van der Waals surface area (Å²) < 4.78 is 11.3. The zero-order valence-corrected chi connectivity index (χ0v) is 9.97. The second-order valence-corrected chi connectivity index (χ2v) is 4.07. The van der Waals surface area contributed by atoms with Gasteiger partial charge in [-0.2, -0.15) is 0 Å². The average Bonchev–Trinajstić information content (AvgIpc) is 2.99. The Morgan fingerprint density at radius 2 is 2.11 bits per heavy atom. The fraction of sp³-hybridized carbons (Fsp3) is 0.214.